The van der Waals surface area contributed by atoms with E-state index in [0.717, 1.165) is 11.5 Å². The van der Waals surface area contributed by atoms with E-state index in [9.17, 15) is 9.59 Å². The second-order valence-electron chi connectivity index (χ2n) is 7.92. The predicted octanol–water partition coefficient (Wildman–Crippen LogP) is 0.342. The van der Waals surface area contributed by atoms with Crippen LogP contribution in [0.25, 0.3) is 0 Å². The Morgan fingerprint density at radius 3 is 2.38 bits per heavy atom. The molecule has 172 valence electrons. The minimum Gasteiger partial charge on any atom is -0.394 e. The lowest BCUT2D eigenvalue weighted by Gasteiger charge is -2.36. The number of pyridine rings is 2. The minimum absolute atomic E-state index is 0.193. The van der Waals surface area contributed by atoms with Crippen LogP contribution in [0.2, 0.25) is 0 Å². The zero-order chi connectivity index (χ0) is 23.1. The monoisotopic (exact) mass is 442 g/mol. The largest absolute Gasteiger partial charge is 0.394 e. The maximum atomic E-state index is 12.9. The number of aliphatic hydroxyl groups is 2. The topological polar surface area (TPSA) is 131 Å². The summed E-state index contributed by atoms with van der Waals surface area (Å²) in [6.45, 7) is 5.79. The number of aliphatic hydroxyl groups excluding tert-OH is 2. The lowest BCUT2D eigenvalue weighted by molar-refractivity contribution is 0.0739. The third-order valence-corrected chi connectivity index (χ3v) is 5.12. The first-order valence-corrected chi connectivity index (χ1v) is 10.7. The number of nitrogens with zero attached hydrogens (tertiary/aromatic N) is 4. The molecule has 0 atom stereocenters. The van der Waals surface area contributed by atoms with Crippen molar-refractivity contribution < 1.29 is 19.8 Å². The van der Waals surface area contributed by atoms with Crippen LogP contribution in [0.5, 0.6) is 0 Å². The number of amides is 2. The summed E-state index contributed by atoms with van der Waals surface area (Å²) in [5.41, 5.74) is 1.48. The summed E-state index contributed by atoms with van der Waals surface area (Å²) in [6.07, 6.45) is 3.09. The number of rotatable bonds is 8. The smallest absolute Gasteiger partial charge is 0.272 e. The fraction of sp³-hybridized carbons (Fsp3) is 0.455. The summed E-state index contributed by atoms with van der Waals surface area (Å²) < 4.78 is 0. The Labute approximate surface area is 187 Å². The van der Waals surface area contributed by atoms with Gasteiger partial charge in [0, 0.05) is 44.6 Å². The molecule has 4 N–H and O–H groups in total. The molecule has 0 unspecified atom stereocenters. The summed E-state index contributed by atoms with van der Waals surface area (Å²) in [5.74, 6) is 0.215. The molecule has 10 nitrogen and oxygen atoms in total. The van der Waals surface area contributed by atoms with Gasteiger partial charge in [0.05, 0.1) is 30.5 Å². The Kier molecular flexibility index (Phi) is 7.96. The molecular weight excluding hydrogens is 412 g/mol. The number of piperazine rings is 1. The van der Waals surface area contributed by atoms with Crippen molar-refractivity contribution in [2.45, 2.75) is 25.9 Å². The summed E-state index contributed by atoms with van der Waals surface area (Å²) >= 11 is 0. The lowest BCUT2D eigenvalue weighted by atomic mass is 10.2. The highest BCUT2D eigenvalue weighted by molar-refractivity contribution is 5.96. The van der Waals surface area contributed by atoms with E-state index in [1.165, 1.54) is 18.3 Å². The van der Waals surface area contributed by atoms with Gasteiger partial charge in [-0.1, -0.05) is 0 Å². The van der Waals surface area contributed by atoms with Gasteiger partial charge in [0.25, 0.3) is 11.8 Å². The Hall–Kier alpha value is -3.24. The van der Waals surface area contributed by atoms with Gasteiger partial charge in [-0.15, -0.1) is 0 Å². The number of nitrogens with one attached hydrogen (secondary N) is 2. The van der Waals surface area contributed by atoms with E-state index >= 15 is 0 Å². The van der Waals surface area contributed by atoms with Gasteiger partial charge >= 0.3 is 0 Å². The van der Waals surface area contributed by atoms with E-state index in [1.807, 2.05) is 12.1 Å². The van der Waals surface area contributed by atoms with Gasteiger partial charge in [-0.05, 0) is 38.1 Å². The molecule has 0 aliphatic carbocycles. The van der Waals surface area contributed by atoms with Gasteiger partial charge in [-0.2, -0.15) is 0 Å². The molecule has 3 heterocycles. The SMILES string of the molecule is CC(C)Nc1cccnc1N1CCN(C(=O)c2ccc(C(=O)NC(CO)CO)cn2)CC1. The van der Waals surface area contributed by atoms with Crippen LogP contribution in [0.4, 0.5) is 11.5 Å². The van der Waals surface area contributed by atoms with Crippen LogP contribution in [0.15, 0.2) is 36.7 Å². The zero-order valence-electron chi connectivity index (χ0n) is 18.4. The van der Waals surface area contributed by atoms with Crippen LogP contribution < -0.4 is 15.5 Å². The highest BCUT2D eigenvalue weighted by atomic mass is 16.3. The van der Waals surface area contributed by atoms with Gasteiger partial charge in [0.15, 0.2) is 5.82 Å². The maximum Gasteiger partial charge on any atom is 0.272 e. The van der Waals surface area contributed by atoms with Crippen molar-refractivity contribution in [3.63, 3.8) is 0 Å². The molecule has 2 aromatic heterocycles. The fourth-order valence-electron chi connectivity index (χ4n) is 3.43. The van der Waals surface area contributed by atoms with Crippen molar-refractivity contribution in [1.82, 2.24) is 20.2 Å². The van der Waals surface area contributed by atoms with Crippen LogP contribution in [0.1, 0.15) is 34.7 Å². The molecule has 0 aromatic carbocycles. The standard InChI is InChI=1S/C22H30N6O4/c1-15(2)25-18-4-3-7-23-20(18)27-8-10-28(11-9-27)22(32)19-6-5-16(12-24-19)21(31)26-17(13-29)14-30/h3-7,12,15,17,25,29-30H,8-11,13-14H2,1-2H3,(H,26,31). The van der Waals surface area contributed by atoms with Gasteiger partial charge < -0.3 is 30.6 Å². The number of aromatic nitrogens is 2. The highest BCUT2D eigenvalue weighted by Crippen LogP contribution is 2.24. The van der Waals surface area contributed by atoms with Crippen LogP contribution in [-0.2, 0) is 0 Å². The van der Waals surface area contributed by atoms with Crippen molar-refractivity contribution in [3.05, 3.63) is 47.9 Å². The Morgan fingerprint density at radius 1 is 1.06 bits per heavy atom. The predicted molar refractivity (Wildman–Crippen MR) is 121 cm³/mol. The molecule has 32 heavy (non-hydrogen) atoms. The fourth-order valence-corrected chi connectivity index (χ4v) is 3.43. The van der Waals surface area contributed by atoms with E-state index in [-0.39, 0.29) is 36.4 Å². The van der Waals surface area contributed by atoms with E-state index in [0.29, 0.717) is 26.2 Å². The second kappa shape index (κ2) is 10.9. The molecule has 0 radical (unpaired) electrons. The van der Waals surface area contributed by atoms with Crippen molar-refractivity contribution in [1.29, 1.82) is 0 Å². The molecule has 3 rings (SSSR count). The van der Waals surface area contributed by atoms with E-state index < -0.39 is 11.9 Å². The molecule has 0 bridgehead atoms. The summed E-state index contributed by atoms with van der Waals surface area (Å²) in [6, 6.07) is 6.47. The molecule has 0 saturated carbocycles. The minimum atomic E-state index is -0.740. The first-order valence-electron chi connectivity index (χ1n) is 10.7. The Morgan fingerprint density at radius 2 is 1.78 bits per heavy atom. The third-order valence-electron chi connectivity index (χ3n) is 5.12. The molecule has 1 aliphatic rings. The number of hydrogen-bond acceptors (Lipinski definition) is 8. The number of hydrogen-bond donors (Lipinski definition) is 4. The molecule has 1 saturated heterocycles. The summed E-state index contributed by atoms with van der Waals surface area (Å²) in [7, 11) is 0. The van der Waals surface area contributed by atoms with Crippen LogP contribution in [0, 0.1) is 0 Å². The van der Waals surface area contributed by atoms with Crippen molar-refractivity contribution in [2.24, 2.45) is 0 Å². The van der Waals surface area contributed by atoms with E-state index in [2.05, 4.69) is 39.3 Å². The first kappa shape index (κ1) is 23.4. The van der Waals surface area contributed by atoms with Crippen molar-refractivity contribution >= 4 is 23.3 Å². The highest BCUT2D eigenvalue weighted by Gasteiger charge is 2.25. The van der Waals surface area contributed by atoms with Crippen molar-refractivity contribution in [3.8, 4) is 0 Å². The average molecular weight is 443 g/mol. The van der Waals surface area contributed by atoms with Gasteiger partial charge in [-0.3, -0.25) is 14.6 Å². The lowest BCUT2D eigenvalue weighted by Crippen LogP contribution is -2.49. The molecule has 1 aliphatic heterocycles. The average Bonchev–Trinajstić information content (AvgIpc) is 2.82. The zero-order valence-corrected chi connectivity index (χ0v) is 18.4. The van der Waals surface area contributed by atoms with Gasteiger partial charge in [0.1, 0.15) is 5.69 Å². The number of carbonyl (C=O) groups is 2. The van der Waals surface area contributed by atoms with Crippen LogP contribution in [-0.4, -0.2) is 88.4 Å². The molecule has 2 amide bonds. The summed E-state index contributed by atoms with van der Waals surface area (Å²) in [4.78, 5) is 37.6. The molecular formula is C22H30N6O4. The molecule has 1 fully saturated rings. The maximum absolute atomic E-state index is 12.9. The quantitative estimate of drug-likeness (QED) is 0.460. The normalized spacial score (nSPS) is 14.1. The second-order valence-corrected chi connectivity index (χ2v) is 7.92. The first-order chi connectivity index (χ1) is 15.4. The van der Waals surface area contributed by atoms with Crippen molar-refractivity contribution in [2.75, 3.05) is 49.6 Å². The van der Waals surface area contributed by atoms with Crippen LogP contribution in [0.3, 0.4) is 0 Å². The Balaban J connectivity index is 1.59. The Bertz CT molecular complexity index is 909. The van der Waals surface area contributed by atoms with Gasteiger partial charge in [-0.25, -0.2) is 4.98 Å². The number of carbonyl (C=O) groups excluding carboxylic acids is 2. The molecule has 2 aromatic rings. The molecule has 0 spiro atoms. The number of anilines is 2. The van der Waals surface area contributed by atoms with Crippen LogP contribution >= 0.6 is 0 Å². The van der Waals surface area contributed by atoms with E-state index in [1.54, 1.807) is 11.1 Å². The molecule has 10 heteroatoms. The third kappa shape index (κ3) is 5.71. The summed E-state index contributed by atoms with van der Waals surface area (Å²) in [5, 5.41) is 24.1. The van der Waals surface area contributed by atoms with E-state index in [4.69, 9.17) is 10.2 Å². The van der Waals surface area contributed by atoms with Gasteiger partial charge in [0.2, 0.25) is 0 Å².